The number of hydrogen-bond acceptors (Lipinski definition) is 6. The molecule has 1 saturated heterocycles. The van der Waals surface area contributed by atoms with Gasteiger partial charge in [-0.15, -0.1) is 0 Å². The van der Waals surface area contributed by atoms with Crippen LogP contribution in [-0.2, 0) is 13.5 Å². The Morgan fingerprint density at radius 3 is 2.55 bits per heavy atom. The van der Waals surface area contributed by atoms with Crippen LogP contribution in [0.3, 0.4) is 0 Å². The first-order chi connectivity index (χ1) is 20.0. The molecule has 216 valence electrons. The Labute approximate surface area is 249 Å². The fraction of sp³-hybridized carbons (Fsp3) is 0.364. The maximum atomic E-state index is 15.0. The summed E-state index contributed by atoms with van der Waals surface area (Å²) in [6.45, 7) is 9.52. The largest absolute Gasteiger partial charge is 0.487 e. The number of benzene rings is 2. The van der Waals surface area contributed by atoms with Crippen LogP contribution in [0.5, 0.6) is 5.75 Å². The highest BCUT2D eigenvalue weighted by molar-refractivity contribution is 6.30. The summed E-state index contributed by atoms with van der Waals surface area (Å²) in [6, 6.07) is 18.2. The van der Waals surface area contributed by atoms with E-state index in [1.54, 1.807) is 35.9 Å². The van der Waals surface area contributed by atoms with E-state index in [0.29, 0.717) is 52.6 Å². The van der Waals surface area contributed by atoms with Gasteiger partial charge in [0.25, 0.3) is 5.56 Å². The molecule has 7 nitrogen and oxygen atoms in total. The van der Waals surface area contributed by atoms with Crippen LogP contribution in [0.1, 0.15) is 56.1 Å². The number of aromatic nitrogens is 2. The molecule has 4 aromatic rings. The lowest BCUT2D eigenvalue weighted by Gasteiger charge is -2.48. The average molecular weight is 586 g/mol. The minimum Gasteiger partial charge on any atom is -0.487 e. The first-order valence-corrected chi connectivity index (χ1v) is 14.5. The third-order valence-electron chi connectivity index (χ3n) is 8.55. The highest BCUT2D eigenvalue weighted by Gasteiger charge is 2.41. The second-order valence-corrected chi connectivity index (χ2v) is 12.5. The lowest BCUT2D eigenvalue weighted by molar-refractivity contribution is 0.116. The summed E-state index contributed by atoms with van der Waals surface area (Å²) in [5.74, 6) is 0.371. The first-order valence-electron chi connectivity index (χ1n) is 14.2. The number of anilines is 1. The zero-order valence-electron chi connectivity index (χ0n) is 24.4. The van der Waals surface area contributed by atoms with Crippen LogP contribution in [-0.4, -0.2) is 45.2 Å². The van der Waals surface area contributed by atoms with Gasteiger partial charge in [0.2, 0.25) is 0 Å². The van der Waals surface area contributed by atoms with Crippen LogP contribution in [0.4, 0.5) is 10.1 Å². The van der Waals surface area contributed by atoms with E-state index < -0.39 is 5.60 Å². The number of nitriles is 1. The van der Waals surface area contributed by atoms with Gasteiger partial charge in [0.15, 0.2) is 0 Å². The standard InChI is InChI=1S/C33H33ClFN5O2/c1-19-18-40(20(2)17-39(19)28-14-29(41)38(5)27-13-10-23(16-36)37-30(27)28)31(21-6-8-22(34)9-7-21)24-11-12-26(35)25-15-33(3,4)42-32(24)25/h6-14,19-20,31H,15,17-18H2,1-5H3/t19-,20+,31?/m0/s1. The summed E-state index contributed by atoms with van der Waals surface area (Å²) in [6.07, 6.45) is 0.503. The maximum absolute atomic E-state index is 15.0. The molecule has 4 heterocycles. The molecule has 6 rings (SSSR count). The monoisotopic (exact) mass is 585 g/mol. The molecule has 0 bridgehead atoms. The van der Waals surface area contributed by atoms with E-state index in [0.717, 1.165) is 16.8 Å². The lowest BCUT2D eigenvalue weighted by atomic mass is 9.91. The van der Waals surface area contributed by atoms with Gasteiger partial charge in [-0.3, -0.25) is 9.69 Å². The van der Waals surface area contributed by atoms with Crippen LogP contribution in [0.2, 0.25) is 5.02 Å². The fourth-order valence-corrected chi connectivity index (χ4v) is 6.62. The quantitative estimate of drug-likeness (QED) is 0.292. The third kappa shape index (κ3) is 4.81. The maximum Gasteiger partial charge on any atom is 0.252 e. The van der Waals surface area contributed by atoms with Gasteiger partial charge in [-0.2, -0.15) is 5.26 Å². The van der Waals surface area contributed by atoms with Crippen molar-refractivity contribution in [2.45, 2.75) is 57.8 Å². The van der Waals surface area contributed by atoms with Gasteiger partial charge < -0.3 is 14.2 Å². The van der Waals surface area contributed by atoms with E-state index >= 15 is 4.39 Å². The number of rotatable bonds is 4. The van der Waals surface area contributed by atoms with E-state index in [2.05, 4.69) is 34.7 Å². The molecular formula is C33H33ClFN5O2. The molecule has 0 N–H and O–H groups in total. The Bertz CT molecular complexity index is 1800. The zero-order chi connectivity index (χ0) is 29.9. The SMILES string of the molecule is C[C@@H]1CN(c2cc(=O)n(C)c3ccc(C#N)nc23)[C@@H](C)CN1C(c1ccc(Cl)cc1)c1ccc(F)c2c1OC(C)(C)C2. The molecule has 1 fully saturated rings. The number of fused-ring (bicyclic) bond motifs is 2. The van der Waals surface area contributed by atoms with Crippen molar-refractivity contribution in [3.63, 3.8) is 0 Å². The summed E-state index contributed by atoms with van der Waals surface area (Å²) in [5.41, 5.74) is 4.27. The van der Waals surface area contributed by atoms with Crippen LogP contribution in [0.25, 0.3) is 11.0 Å². The van der Waals surface area contributed by atoms with E-state index in [4.69, 9.17) is 16.3 Å². The van der Waals surface area contributed by atoms with E-state index in [1.807, 2.05) is 44.2 Å². The Kier molecular flexibility index (Phi) is 6.99. The molecule has 2 aliphatic rings. The number of piperazine rings is 1. The minimum absolute atomic E-state index is 0.00953. The molecule has 0 amide bonds. The van der Waals surface area contributed by atoms with Crippen molar-refractivity contribution < 1.29 is 9.13 Å². The van der Waals surface area contributed by atoms with E-state index in [1.165, 1.54) is 0 Å². The van der Waals surface area contributed by atoms with Gasteiger partial charge in [0.05, 0.1) is 17.2 Å². The minimum atomic E-state index is -0.503. The highest BCUT2D eigenvalue weighted by atomic mass is 35.5. The number of ether oxygens (including phenoxy) is 1. The van der Waals surface area contributed by atoms with Crippen LogP contribution < -0.4 is 15.2 Å². The molecular weight excluding hydrogens is 553 g/mol. The van der Waals surface area contributed by atoms with Gasteiger partial charge in [-0.05, 0) is 63.6 Å². The lowest BCUT2D eigenvalue weighted by Crippen LogP contribution is -2.57. The molecule has 42 heavy (non-hydrogen) atoms. The summed E-state index contributed by atoms with van der Waals surface area (Å²) in [5, 5.41) is 10.2. The second-order valence-electron chi connectivity index (χ2n) is 12.1. The van der Waals surface area contributed by atoms with Crippen LogP contribution in [0, 0.1) is 17.1 Å². The van der Waals surface area contributed by atoms with E-state index in [9.17, 15) is 10.1 Å². The van der Waals surface area contributed by atoms with Crippen molar-refractivity contribution in [1.29, 1.82) is 5.26 Å². The van der Waals surface area contributed by atoms with Crippen molar-refractivity contribution in [3.05, 3.63) is 98.2 Å². The molecule has 2 aromatic carbocycles. The smallest absolute Gasteiger partial charge is 0.252 e. The number of pyridine rings is 2. The van der Waals surface area contributed by atoms with Crippen molar-refractivity contribution in [2.75, 3.05) is 18.0 Å². The van der Waals surface area contributed by atoms with Crippen molar-refractivity contribution in [2.24, 2.45) is 7.05 Å². The Morgan fingerprint density at radius 2 is 1.83 bits per heavy atom. The summed E-state index contributed by atoms with van der Waals surface area (Å²) < 4.78 is 23.0. The number of nitrogens with zero attached hydrogens (tertiary/aromatic N) is 5. The van der Waals surface area contributed by atoms with Crippen molar-refractivity contribution in [3.8, 4) is 11.8 Å². The van der Waals surface area contributed by atoms with Crippen LogP contribution >= 0.6 is 11.6 Å². The predicted octanol–water partition coefficient (Wildman–Crippen LogP) is 6.00. The van der Waals surface area contributed by atoms with Gasteiger partial charge in [0.1, 0.15) is 34.4 Å². The normalized spacial score (nSPS) is 20.7. The van der Waals surface area contributed by atoms with Gasteiger partial charge in [0, 0.05) is 60.9 Å². The van der Waals surface area contributed by atoms with Crippen molar-refractivity contribution in [1.82, 2.24) is 14.5 Å². The Morgan fingerprint density at radius 1 is 1.10 bits per heavy atom. The molecule has 2 aliphatic heterocycles. The molecule has 0 radical (unpaired) electrons. The molecule has 2 aromatic heterocycles. The Hall–Kier alpha value is -3.93. The summed E-state index contributed by atoms with van der Waals surface area (Å²) in [7, 11) is 1.72. The van der Waals surface area contributed by atoms with Gasteiger partial charge in [-0.1, -0.05) is 29.8 Å². The van der Waals surface area contributed by atoms with E-state index in [-0.39, 0.29) is 29.5 Å². The van der Waals surface area contributed by atoms with Gasteiger partial charge >= 0.3 is 0 Å². The molecule has 0 aliphatic carbocycles. The number of hydrogen-bond donors (Lipinski definition) is 0. The molecule has 0 saturated carbocycles. The molecule has 3 atom stereocenters. The summed E-state index contributed by atoms with van der Waals surface area (Å²) >= 11 is 6.28. The van der Waals surface area contributed by atoms with Crippen molar-refractivity contribution >= 4 is 28.3 Å². The third-order valence-corrected chi connectivity index (χ3v) is 8.81. The molecule has 9 heteroatoms. The highest BCUT2D eigenvalue weighted by Crippen LogP contribution is 2.46. The topological polar surface area (TPSA) is 74.4 Å². The second kappa shape index (κ2) is 10.4. The zero-order valence-corrected chi connectivity index (χ0v) is 25.1. The number of aryl methyl sites for hydroxylation is 1. The average Bonchev–Trinajstić information content (AvgIpc) is 3.30. The number of halogens is 2. The summed E-state index contributed by atoms with van der Waals surface area (Å²) in [4.78, 5) is 22.2. The predicted molar refractivity (Wildman–Crippen MR) is 163 cm³/mol. The fourth-order valence-electron chi connectivity index (χ4n) is 6.50. The molecule has 0 spiro atoms. The first kappa shape index (κ1) is 28.2. The van der Waals surface area contributed by atoms with Gasteiger partial charge in [-0.25, -0.2) is 9.37 Å². The van der Waals surface area contributed by atoms with Crippen LogP contribution in [0.15, 0.2) is 59.4 Å². The molecule has 1 unspecified atom stereocenters. The Balaban J connectivity index is 1.44.